The molecule has 0 aromatic heterocycles. The van der Waals surface area contributed by atoms with E-state index in [1.54, 1.807) is 26.0 Å². The number of carboxylic acid groups (broad SMARTS) is 1. The minimum absolute atomic E-state index is 0.0480. The van der Waals surface area contributed by atoms with Gasteiger partial charge < -0.3 is 31.7 Å². The lowest BCUT2D eigenvalue weighted by atomic mass is 10.0. The lowest BCUT2D eigenvalue weighted by Crippen LogP contribution is -2.56. The zero-order chi connectivity index (χ0) is 19.9. The Morgan fingerprint density at radius 1 is 1.04 bits per heavy atom. The maximum absolute atomic E-state index is 12.4. The number of rotatable bonds is 9. The van der Waals surface area contributed by atoms with Gasteiger partial charge in [-0.3, -0.25) is 9.59 Å². The van der Waals surface area contributed by atoms with Crippen LogP contribution in [0.15, 0.2) is 24.3 Å². The first kappa shape index (κ1) is 21.4. The van der Waals surface area contributed by atoms with Crippen molar-refractivity contribution in [2.45, 2.75) is 38.4 Å². The van der Waals surface area contributed by atoms with Crippen LogP contribution >= 0.6 is 0 Å². The Balaban J connectivity index is 2.96. The van der Waals surface area contributed by atoms with E-state index in [0.717, 1.165) is 0 Å². The van der Waals surface area contributed by atoms with Gasteiger partial charge in [0.25, 0.3) is 0 Å². The normalized spacial score (nSPS) is 14.3. The van der Waals surface area contributed by atoms with Crippen molar-refractivity contribution in [3.8, 4) is 5.75 Å². The number of hydrogen-bond donors (Lipinski definition) is 6. The molecular weight excluding hydrogens is 342 g/mol. The Hall–Kier alpha value is -2.65. The number of nitrogens with two attached hydrogens (primary N) is 1. The van der Waals surface area contributed by atoms with Crippen LogP contribution in [0.3, 0.4) is 0 Å². The molecule has 1 rings (SSSR count). The summed E-state index contributed by atoms with van der Waals surface area (Å²) >= 11 is 0. The van der Waals surface area contributed by atoms with Crippen molar-refractivity contribution in [2.24, 2.45) is 11.7 Å². The Kier molecular flexibility index (Phi) is 8.01. The molecule has 1 aromatic rings. The van der Waals surface area contributed by atoms with E-state index in [0.29, 0.717) is 5.56 Å². The summed E-state index contributed by atoms with van der Waals surface area (Å²) in [5.74, 6) is -2.81. The molecule has 0 fully saturated rings. The third-order valence-electron chi connectivity index (χ3n) is 3.83. The number of amides is 2. The van der Waals surface area contributed by atoms with Crippen molar-refractivity contribution in [2.75, 3.05) is 6.61 Å². The van der Waals surface area contributed by atoms with Gasteiger partial charge in [-0.2, -0.15) is 0 Å². The van der Waals surface area contributed by atoms with Gasteiger partial charge in [0.05, 0.1) is 12.6 Å². The highest BCUT2D eigenvalue weighted by atomic mass is 16.4. The number of carbonyl (C=O) groups is 3. The summed E-state index contributed by atoms with van der Waals surface area (Å²) in [6.07, 6.45) is 0.0560. The lowest BCUT2D eigenvalue weighted by molar-refractivity contribution is -0.143. The molecule has 0 heterocycles. The second kappa shape index (κ2) is 9.73. The average molecular weight is 367 g/mol. The molecule has 0 aliphatic rings. The van der Waals surface area contributed by atoms with Gasteiger partial charge >= 0.3 is 5.97 Å². The van der Waals surface area contributed by atoms with Gasteiger partial charge in [0, 0.05) is 6.42 Å². The first-order chi connectivity index (χ1) is 12.1. The summed E-state index contributed by atoms with van der Waals surface area (Å²) in [5, 5.41) is 32.0. The van der Waals surface area contributed by atoms with Crippen LogP contribution in [-0.4, -0.2) is 57.8 Å². The predicted octanol–water partition coefficient (Wildman–Crippen LogP) is -1.04. The van der Waals surface area contributed by atoms with E-state index in [-0.39, 0.29) is 18.1 Å². The highest BCUT2D eigenvalue weighted by molar-refractivity contribution is 5.92. The van der Waals surface area contributed by atoms with Crippen molar-refractivity contribution in [3.63, 3.8) is 0 Å². The number of nitrogens with one attached hydrogen (secondary N) is 2. The maximum Gasteiger partial charge on any atom is 0.328 e. The first-order valence-corrected chi connectivity index (χ1v) is 8.13. The van der Waals surface area contributed by atoms with Crippen molar-refractivity contribution < 1.29 is 29.7 Å². The molecule has 0 aliphatic heterocycles. The molecule has 0 saturated carbocycles. The van der Waals surface area contributed by atoms with Crippen LogP contribution in [0.1, 0.15) is 19.4 Å². The zero-order valence-electron chi connectivity index (χ0n) is 14.7. The Labute approximate surface area is 151 Å². The molecule has 0 spiro atoms. The van der Waals surface area contributed by atoms with Gasteiger partial charge in [0.1, 0.15) is 17.8 Å². The number of aromatic hydroxyl groups is 1. The number of hydrogen-bond acceptors (Lipinski definition) is 6. The quantitative estimate of drug-likeness (QED) is 0.325. The van der Waals surface area contributed by atoms with Crippen molar-refractivity contribution in [1.29, 1.82) is 0 Å². The summed E-state index contributed by atoms with van der Waals surface area (Å²) < 4.78 is 0. The molecule has 144 valence electrons. The van der Waals surface area contributed by atoms with Crippen molar-refractivity contribution >= 4 is 17.8 Å². The summed E-state index contributed by atoms with van der Waals surface area (Å²) in [4.78, 5) is 35.6. The Morgan fingerprint density at radius 2 is 1.58 bits per heavy atom. The van der Waals surface area contributed by atoms with Crippen LogP contribution in [0.25, 0.3) is 0 Å². The molecular formula is C17H25N3O6. The van der Waals surface area contributed by atoms with E-state index in [4.69, 9.17) is 15.9 Å². The highest BCUT2D eigenvalue weighted by Gasteiger charge is 2.28. The number of benzene rings is 1. The van der Waals surface area contributed by atoms with E-state index in [9.17, 15) is 19.5 Å². The van der Waals surface area contributed by atoms with Gasteiger partial charge in [-0.25, -0.2) is 4.79 Å². The molecule has 26 heavy (non-hydrogen) atoms. The molecule has 0 aliphatic carbocycles. The van der Waals surface area contributed by atoms with Crippen LogP contribution in [0.5, 0.6) is 5.75 Å². The average Bonchev–Trinajstić information content (AvgIpc) is 2.59. The molecule has 7 N–H and O–H groups in total. The fraction of sp³-hybridized carbons (Fsp3) is 0.471. The topological polar surface area (TPSA) is 162 Å². The molecule has 9 heteroatoms. The largest absolute Gasteiger partial charge is 0.508 e. The van der Waals surface area contributed by atoms with E-state index in [1.165, 1.54) is 12.1 Å². The van der Waals surface area contributed by atoms with Crippen LogP contribution < -0.4 is 16.4 Å². The van der Waals surface area contributed by atoms with Crippen LogP contribution in [0.2, 0.25) is 0 Å². The minimum atomic E-state index is -1.49. The van der Waals surface area contributed by atoms with E-state index < -0.39 is 42.5 Å². The highest BCUT2D eigenvalue weighted by Crippen LogP contribution is 2.12. The van der Waals surface area contributed by atoms with Crippen molar-refractivity contribution in [3.05, 3.63) is 29.8 Å². The van der Waals surface area contributed by atoms with E-state index in [1.807, 2.05) is 0 Å². The molecule has 0 saturated heterocycles. The fourth-order valence-corrected chi connectivity index (χ4v) is 2.11. The van der Waals surface area contributed by atoms with Gasteiger partial charge in [-0.15, -0.1) is 0 Å². The van der Waals surface area contributed by atoms with Gasteiger partial charge in [-0.1, -0.05) is 26.0 Å². The number of carbonyl (C=O) groups excluding carboxylic acids is 2. The molecule has 9 nitrogen and oxygen atoms in total. The van der Waals surface area contributed by atoms with Crippen molar-refractivity contribution in [1.82, 2.24) is 10.6 Å². The molecule has 0 bridgehead atoms. The Bertz CT molecular complexity index is 632. The SMILES string of the molecule is CC(C)C(N)C(=O)NC(Cc1ccc(O)cc1)C(=O)NC(CO)C(=O)O. The monoisotopic (exact) mass is 367 g/mol. The number of phenolic OH excluding ortho intramolecular Hbond substituents is 1. The smallest absolute Gasteiger partial charge is 0.328 e. The Morgan fingerprint density at radius 3 is 2.04 bits per heavy atom. The second-order valence-corrected chi connectivity index (χ2v) is 6.28. The molecule has 3 unspecified atom stereocenters. The van der Waals surface area contributed by atoms with Gasteiger partial charge in [-0.05, 0) is 23.6 Å². The number of aliphatic carboxylic acids is 1. The number of aliphatic hydroxyl groups is 1. The number of phenols is 1. The van der Waals surface area contributed by atoms with Crippen LogP contribution in [0.4, 0.5) is 0 Å². The van der Waals surface area contributed by atoms with Gasteiger partial charge in [0.2, 0.25) is 11.8 Å². The molecule has 1 aromatic carbocycles. The summed E-state index contributed by atoms with van der Waals surface area (Å²) in [7, 11) is 0. The molecule has 2 amide bonds. The third-order valence-corrected chi connectivity index (χ3v) is 3.83. The zero-order valence-corrected chi connectivity index (χ0v) is 14.7. The minimum Gasteiger partial charge on any atom is -0.508 e. The molecule has 3 atom stereocenters. The van der Waals surface area contributed by atoms with E-state index >= 15 is 0 Å². The summed E-state index contributed by atoms with van der Waals surface area (Å²) in [6, 6.07) is 2.60. The standard InChI is InChI=1S/C17H25N3O6/c1-9(2)14(18)16(24)19-12(7-10-3-5-11(22)6-4-10)15(23)20-13(8-21)17(25)26/h3-6,9,12-14,21-22H,7-8,18H2,1-2H3,(H,19,24)(H,20,23)(H,25,26). The van der Waals surface area contributed by atoms with E-state index in [2.05, 4.69) is 10.6 Å². The molecule has 0 radical (unpaired) electrons. The second-order valence-electron chi connectivity index (χ2n) is 6.28. The number of carboxylic acids is 1. The summed E-state index contributed by atoms with van der Waals surface area (Å²) in [5.41, 5.74) is 6.42. The fourth-order valence-electron chi connectivity index (χ4n) is 2.11. The summed E-state index contributed by atoms with van der Waals surface area (Å²) in [6.45, 7) is 2.73. The predicted molar refractivity (Wildman–Crippen MR) is 93.2 cm³/mol. The first-order valence-electron chi connectivity index (χ1n) is 8.13. The van der Waals surface area contributed by atoms with Crippen LogP contribution in [-0.2, 0) is 20.8 Å². The third kappa shape index (κ3) is 6.34. The maximum atomic E-state index is 12.4. The van der Waals surface area contributed by atoms with Crippen LogP contribution in [0, 0.1) is 5.92 Å². The van der Waals surface area contributed by atoms with Gasteiger partial charge in [0.15, 0.2) is 0 Å². The lowest BCUT2D eigenvalue weighted by Gasteiger charge is -2.23. The number of aliphatic hydroxyl groups excluding tert-OH is 1.